The molecule has 1 aromatic rings. The second kappa shape index (κ2) is 6.14. The summed E-state index contributed by atoms with van der Waals surface area (Å²) in [5.74, 6) is -1.16. The van der Waals surface area contributed by atoms with Crippen LogP contribution in [0.3, 0.4) is 0 Å². The zero-order valence-corrected chi connectivity index (χ0v) is 10.9. The molecule has 0 aliphatic carbocycles. The third-order valence-electron chi connectivity index (χ3n) is 2.66. The number of aliphatic carboxylic acids is 1. The van der Waals surface area contributed by atoms with Gasteiger partial charge in [-0.25, -0.2) is 4.98 Å². The molecule has 5 nitrogen and oxygen atoms in total. The van der Waals surface area contributed by atoms with Crippen molar-refractivity contribution in [1.29, 1.82) is 0 Å². The normalized spacial score (nSPS) is 11.9. The summed E-state index contributed by atoms with van der Waals surface area (Å²) in [5, 5.41) is 8.93. The molecule has 1 aromatic heterocycles. The van der Waals surface area contributed by atoms with Crippen molar-refractivity contribution >= 4 is 17.7 Å². The third-order valence-corrected chi connectivity index (χ3v) is 2.66. The maximum Gasteiger partial charge on any atom is 0.308 e. The number of pyridine rings is 1. The summed E-state index contributed by atoms with van der Waals surface area (Å²) < 4.78 is 0. The molecule has 0 saturated heterocycles. The molecular weight excluding hydrogens is 232 g/mol. The first-order valence-corrected chi connectivity index (χ1v) is 5.91. The minimum Gasteiger partial charge on any atom is -0.481 e. The Labute approximate surface area is 106 Å². The molecule has 1 rings (SSSR count). The third kappa shape index (κ3) is 3.55. The molecule has 1 N–H and O–H groups in total. The van der Waals surface area contributed by atoms with E-state index in [1.165, 1.54) is 4.90 Å². The monoisotopic (exact) mass is 250 g/mol. The van der Waals surface area contributed by atoms with Crippen LogP contribution >= 0.6 is 0 Å². The van der Waals surface area contributed by atoms with Gasteiger partial charge in [0.2, 0.25) is 5.91 Å². The van der Waals surface area contributed by atoms with Crippen LogP contribution in [0, 0.1) is 12.8 Å². The maximum atomic E-state index is 11.9. The minimum absolute atomic E-state index is 0.124. The zero-order chi connectivity index (χ0) is 13.7. The summed E-state index contributed by atoms with van der Waals surface area (Å²) in [6.45, 7) is 5.36. The van der Waals surface area contributed by atoms with Gasteiger partial charge in [0.1, 0.15) is 5.82 Å². The summed E-state index contributed by atoms with van der Waals surface area (Å²) in [4.78, 5) is 28.3. The summed E-state index contributed by atoms with van der Waals surface area (Å²) in [6, 6.07) is 3.61. The molecule has 0 aliphatic rings. The van der Waals surface area contributed by atoms with Gasteiger partial charge in [-0.1, -0.05) is 13.8 Å². The highest BCUT2D eigenvalue weighted by Gasteiger charge is 2.21. The molecule has 0 saturated carbocycles. The number of carbonyl (C=O) groups excluding carboxylic acids is 1. The van der Waals surface area contributed by atoms with E-state index in [0.717, 1.165) is 5.56 Å². The number of hydrogen-bond acceptors (Lipinski definition) is 3. The standard InChI is InChI=1S/C13H18N2O3/c1-4-12(16)15(8-10(3)13(17)18)11-7-9(2)5-6-14-11/h5-7,10H,4,8H2,1-3H3,(H,17,18). The number of carbonyl (C=O) groups is 2. The van der Waals surface area contributed by atoms with Crippen molar-refractivity contribution in [1.82, 2.24) is 4.98 Å². The van der Waals surface area contributed by atoms with Crippen LogP contribution in [0.1, 0.15) is 25.8 Å². The SMILES string of the molecule is CCC(=O)N(CC(C)C(=O)O)c1cc(C)ccn1. The Kier molecular flexibility index (Phi) is 4.83. The first-order chi connectivity index (χ1) is 8.45. The molecule has 1 heterocycles. The second-order valence-electron chi connectivity index (χ2n) is 4.29. The number of rotatable bonds is 5. The largest absolute Gasteiger partial charge is 0.481 e. The first-order valence-electron chi connectivity index (χ1n) is 5.91. The van der Waals surface area contributed by atoms with Crippen LogP contribution in [-0.4, -0.2) is 28.5 Å². The van der Waals surface area contributed by atoms with Crippen LogP contribution in [-0.2, 0) is 9.59 Å². The minimum atomic E-state index is -0.920. The van der Waals surface area contributed by atoms with E-state index in [-0.39, 0.29) is 12.5 Å². The van der Waals surface area contributed by atoms with E-state index < -0.39 is 11.9 Å². The molecule has 98 valence electrons. The predicted molar refractivity (Wildman–Crippen MR) is 68.4 cm³/mol. The van der Waals surface area contributed by atoms with Gasteiger partial charge >= 0.3 is 5.97 Å². The number of anilines is 1. The molecule has 0 radical (unpaired) electrons. The molecule has 0 aliphatic heterocycles. The lowest BCUT2D eigenvalue weighted by molar-refractivity contribution is -0.140. The van der Waals surface area contributed by atoms with E-state index in [0.29, 0.717) is 12.2 Å². The topological polar surface area (TPSA) is 70.5 Å². The van der Waals surface area contributed by atoms with Crippen LogP contribution in [0.15, 0.2) is 18.3 Å². The Morgan fingerprint density at radius 3 is 2.67 bits per heavy atom. The van der Waals surface area contributed by atoms with Gasteiger partial charge in [-0.15, -0.1) is 0 Å². The van der Waals surface area contributed by atoms with Gasteiger partial charge in [0.05, 0.1) is 5.92 Å². The summed E-state index contributed by atoms with van der Waals surface area (Å²) in [7, 11) is 0. The van der Waals surface area contributed by atoms with Gasteiger partial charge in [-0.3, -0.25) is 14.5 Å². The zero-order valence-electron chi connectivity index (χ0n) is 10.9. The van der Waals surface area contributed by atoms with E-state index in [4.69, 9.17) is 5.11 Å². The van der Waals surface area contributed by atoms with Crippen molar-refractivity contribution in [2.45, 2.75) is 27.2 Å². The van der Waals surface area contributed by atoms with Gasteiger partial charge in [0.15, 0.2) is 0 Å². The van der Waals surface area contributed by atoms with E-state index in [1.54, 1.807) is 26.1 Å². The second-order valence-corrected chi connectivity index (χ2v) is 4.29. The molecule has 0 spiro atoms. The Morgan fingerprint density at radius 1 is 1.50 bits per heavy atom. The fourth-order valence-electron chi connectivity index (χ4n) is 1.53. The number of hydrogen-bond donors (Lipinski definition) is 1. The van der Waals surface area contributed by atoms with Crippen LogP contribution in [0.4, 0.5) is 5.82 Å². The van der Waals surface area contributed by atoms with Gasteiger partial charge in [-0.2, -0.15) is 0 Å². The molecule has 0 bridgehead atoms. The van der Waals surface area contributed by atoms with Crippen molar-refractivity contribution < 1.29 is 14.7 Å². The summed E-state index contributed by atoms with van der Waals surface area (Å²) in [6.07, 6.45) is 1.94. The van der Waals surface area contributed by atoms with Crippen molar-refractivity contribution in [3.05, 3.63) is 23.9 Å². The maximum absolute atomic E-state index is 11.9. The number of carboxylic acids is 1. The lowest BCUT2D eigenvalue weighted by atomic mass is 10.1. The average Bonchev–Trinajstić information content (AvgIpc) is 2.34. The molecule has 0 fully saturated rings. The van der Waals surface area contributed by atoms with Gasteiger partial charge in [-0.05, 0) is 24.6 Å². The van der Waals surface area contributed by atoms with E-state index in [1.807, 2.05) is 13.0 Å². The van der Waals surface area contributed by atoms with E-state index in [9.17, 15) is 9.59 Å². The highest BCUT2D eigenvalue weighted by molar-refractivity contribution is 5.92. The molecular formula is C13H18N2O3. The summed E-state index contributed by atoms with van der Waals surface area (Å²) >= 11 is 0. The Bertz CT molecular complexity index is 446. The Balaban J connectivity index is 2.98. The average molecular weight is 250 g/mol. The molecule has 18 heavy (non-hydrogen) atoms. The molecule has 0 aromatic carbocycles. The van der Waals surface area contributed by atoms with Crippen molar-refractivity contribution in [3.8, 4) is 0 Å². The van der Waals surface area contributed by atoms with Gasteiger partial charge < -0.3 is 5.11 Å². The fraction of sp³-hybridized carbons (Fsp3) is 0.462. The van der Waals surface area contributed by atoms with Crippen molar-refractivity contribution in [3.63, 3.8) is 0 Å². The summed E-state index contributed by atoms with van der Waals surface area (Å²) in [5.41, 5.74) is 0.983. The van der Waals surface area contributed by atoms with Crippen LogP contribution in [0.5, 0.6) is 0 Å². The number of nitrogens with zero attached hydrogens (tertiary/aromatic N) is 2. The Morgan fingerprint density at radius 2 is 2.17 bits per heavy atom. The van der Waals surface area contributed by atoms with E-state index in [2.05, 4.69) is 4.98 Å². The van der Waals surface area contributed by atoms with E-state index >= 15 is 0 Å². The van der Waals surface area contributed by atoms with Crippen molar-refractivity contribution in [2.75, 3.05) is 11.4 Å². The van der Waals surface area contributed by atoms with Crippen LogP contribution < -0.4 is 4.90 Å². The molecule has 1 unspecified atom stereocenters. The fourth-order valence-corrected chi connectivity index (χ4v) is 1.53. The number of aryl methyl sites for hydroxylation is 1. The number of amides is 1. The highest BCUT2D eigenvalue weighted by atomic mass is 16.4. The number of aromatic nitrogens is 1. The molecule has 5 heteroatoms. The number of carboxylic acid groups (broad SMARTS) is 1. The smallest absolute Gasteiger partial charge is 0.308 e. The lowest BCUT2D eigenvalue weighted by Crippen LogP contribution is -2.37. The quantitative estimate of drug-likeness (QED) is 0.865. The van der Waals surface area contributed by atoms with Crippen molar-refractivity contribution in [2.24, 2.45) is 5.92 Å². The van der Waals surface area contributed by atoms with Gasteiger partial charge in [0, 0.05) is 19.2 Å². The molecule has 1 amide bonds. The van der Waals surface area contributed by atoms with Crippen LogP contribution in [0.2, 0.25) is 0 Å². The van der Waals surface area contributed by atoms with Gasteiger partial charge in [0.25, 0.3) is 0 Å². The first kappa shape index (κ1) is 14.2. The predicted octanol–water partition coefficient (Wildman–Crippen LogP) is 1.85. The Hall–Kier alpha value is -1.91. The molecule has 1 atom stereocenters. The van der Waals surface area contributed by atoms with Crippen LogP contribution in [0.25, 0.3) is 0 Å². The lowest BCUT2D eigenvalue weighted by Gasteiger charge is -2.23. The highest BCUT2D eigenvalue weighted by Crippen LogP contribution is 2.15.